The number of hydrogen-bond donors (Lipinski definition) is 1. The maximum atomic E-state index is 4.48. The van der Waals surface area contributed by atoms with E-state index in [1.165, 1.54) is 5.56 Å². The van der Waals surface area contributed by atoms with Crippen LogP contribution < -0.4 is 5.32 Å². The number of pyridine rings is 1. The molecule has 1 N–H and O–H groups in total. The number of rotatable bonds is 6. The zero-order valence-corrected chi connectivity index (χ0v) is 13.0. The second kappa shape index (κ2) is 7.12. The number of hydrogen-bond acceptors (Lipinski definition) is 4. The van der Waals surface area contributed by atoms with E-state index < -0.39 is 0 Å². The van der Waals surface area contributed by atoms with E-state index in [1.807, 2.05) is 18.0 Å². The normalized spacial score (nSPS) is 12.1. The van der Waals surface area contributed by atoms with Crippen LogP contribution >= 0.6 is 11.8 Å². The third-order valence-electron chi connectivity index (χ3n) is 2.41. The molecule has 0 unspecified atom stereocenters. The van der Waals surface area contributed by atoms with Gasteiger partial charge in [-0.1, -0.05) is 6.07 Å². The molecule has 1 heterocycles. The van der Waals surface area contributed by atoms with Gasteiger partial charge in [0.2, 0.25) is 0 Å². The second-order valence-electron chi connectivity index (χ2n) is 5.76. The van der Waals surface area contributed by atoms with Crippen LogP contribution in [0.15, 0.2) is 23.4 Å². The first-order valence-corrected chi connectivity index (χ1v) is 7.33. The number of nitrogens with zero attached hydrogens (tertiary/aromatic N) is 2. The van der Waals surface area contributed by atoms with E-state index in [9.17, 15) is 0 Å². The van der Waals surface area contributed by atoms with Crippen LogP contribution in [0.4, 0.5) is 0 Å². The van der Waals surface area contributed by atoms with Crippen molar-refractivity contribution < 1.29 is 0 Å². The van der Waals surface area contributed by atoms with Crippen molar-refractivity contribution in [1.29, 1.82) is 0 Å². The fraction of sp³-hybridized carbons (Fsp3) is 0.643. The van der Waals surface area contributed by atoms with Crippen LogP contribution in [-0.2, 0) is 6.54 Å². The Kier molecular flexibility index (Phi) is 6.12. The first kappa shape index (κ1) is 15.5. The molecule has 0 saturated heterocycles. The van der Waals surface area contributed by atoms with Crippen molar-refractivity contribution in [3.8, 4) is 0 Å². The molecule has 0 aliphatic carbocycles. The molecule has 0 atom stereocenters. The SMILES string of the molecule is CN(C)CCSc1ccc(CNC(C)(C)C)cn1. The quantitative estimate of drug-likeness (QED) is 0.802. The molecular weight excluding hydrogens is 242 g/mol. The molecule has 0 saturated carbocycles. The summed E-state index contributed by atoms with van der Waals surface area (Å²) in [6, 6.07) is 4.27. The Morgan fingerprint density at radius 1 is 1.28 bits per heavy atom. The van der Waals surface area contributed by atoms with Crippen molar-refractivity contribution in [3.05, 3.63) is 23.9 Å². The van der Waals surface area contributed by atoms with Gasteiger partial charge in [-0.3, -0.25) is 0 Å². The Hall–Kier alpha value is -0.580. The minimum Gasteiger partial charge on any atom is -0.309 e. The second-order valence-corrected chi connectivity index (χ2v) is 6.88. The summed E-state index contributed by atoms with van der Waals surface area (Å²) in [5, 5.41) is 4.57. The zero-order chi connectivity index (χ0) is 13.6. The Morgan fingerprint density at radius 3 is 2.50 bits per heavy atom. The van der Waals surface area contributed by atoms with E-state index >= 15 is 0 Å². The van der Waals surface area contributed by atoms with Crippen LogP contribution in [0, 0.1) is 0 Å². The summed E-state index contributed by atoms with van der Waals surface area (Å²) in [4.78, 5) is 6.67. The van der Waals surface area contributed by atoms with Crippen LogP contribution in [0.5, 0.6) is 0 Å². The highest BCUT2D eigenvalue weighted by atomic mass is 32.2. The van der Waals surface area contributed by atoms with Crippen molar-refractivity contribution in [2.45, 2.75) is 37.9 Å². The topological polar surface area (TPSA) is 28.2 Å². The van der Waals surface area contributed by atoms with Crippen molar-refractivity contribution in [1.82, 2.24) is 15.2 Å². The molecule has 0 fully saturated rings. The highest BCUT2D eigenvalue weighted by molar-refractivity contribution is 7.99. The van der Waals surface area contributed by atoms with Gasteiger partial charge in [-0.25, -0.2) is 4.98 Å². The molecule has 0 amide bonds. The minimum absolute atomic E-state index is 0.152. The summed E-state index contributed by atoms with van der Waals surface area (Å²) in [6.45, 7) is 8.47. The lowest BCUT2D eigenvalue weighted by Gasteiger charge is -2.20. The highest BCUT2D eigenvalue weighted by Gasteiger charge is 2.08. The lowest BCUT2D eigenvalue weighted by molar-refractivity contribution is 0.424. The van der Waals surface area contributed by atoms with E-state index in [-0.39, 0.29) is 5.54 Å². The van der Waals surface area contributed by atoms with Gasteiger partial charge < -0.3 is 10.2 Å². The van der Waals surface area contributed by atoms with Gasteiger partial charge in [0.15, 0.2) is 0 Å². The smallest absolute Gasteiger partial charge is 0.0960 e. The summed E-state index contributed by atoms with van der Waals surface area (Å²) in [5.41, 5.74) is 1.39. The van der Waals surface area contributed by atoms with Gasteiger partial charge in [-0.15, -0.1) is 11.8 Å². The minimum atomic E-state index is 0.152. The van der Waals surface area contributed by atoms with Gasteiger partial charge in [0.1, 0.15) is 0 Å². The molecule has 1 aromatic rings. The van der Waals surface area contributed by atoms with Gasteiger partial charge in [-0.05, 0) is 46.5 Å². The van der Waals surface area contributed by atoms with Gasteiger partial charge in [0.05, 0.1) is 5.03 Å². The van der Waals surface area contributed by atoms with E-state index in [1.54, 1.807) is 0 Å². The molecule has 3 nitrogen and oxygen atoms in total. The third-order valence-corrected chi connectivity index (χ3v) is 3.33. The monoisotopic (exact) mass is 267 g/mol. The van der Waals surface area contributed by atoms with Gasteiger partial charge in [0.25, 0.3) is 0 Å². The average Bonchev–Trinajstić information content (AvgIpc) is 2.26. The Bertz CT molecular complexity index is 341. The summed E-state index contributed by atoms with van der Waals surface area (Å²) in [7, 11) is 4.19. The summed E-state index contributed by atoms with van der Waals surface area (Å²) >= 11 is 1.81. The molecule has 18 heavy (non-hydrogen) atoms. The Balaban J connectivity index is 2.38. The standard InChI is InChI=1S/C14H25N3S/c1-14(2,3)16-11-12-6-7-13(15-10-12)18-9-8-17(4)5/h6-7,10,16H,8-9,11H2,1-5H3. The molecule has 0 aliphatic heterocycles. The number of aromatic nitrogens is 1. The highest BCUT2D eigenvalue weighted by Crippen LogP contribution is 2.15. The Labute approximate surface area is 115 Å². The molecule has 0 spiro atoms. The lowest BCUT2D eigenvalue weighted by Crippen LogP contribution is -2.35. The third kappa shape index (κ3) is 6.99. The predicted octanol–water partition coefficient (Wildman–Crippen LogP) is 2.62. The zero-order valence-electron chi connectivity index (χ0n) is 12.2. The molecule has 0 bridgehead atoms. The molecule has 102 valence electrons. The summed E-state index contributed by atoms with van der Waals surface area (Å²) in [5.74, 6) is 1.08. The van der Waals surface area contributed by atoms with Crippen molar-refractivity contribution in [2.24, 2.45) is 0 Å². The number of thioether (sulfide) groups is 1. The van der Waals surface area contributed by atoms with Crippen molar-refractivity contribution >= 4 is 11.8 Å². The van der Waals surface area contributed by atoms with Crippen LogP contribution in [0.1, 0.15) is 26.3 Å². The first-order valence-electron chi connectivity index (χ1n) is 6.34. The first-order chi connectivity index (χ1) is 8.37. The lowest BCUT2D eigenvalue weighted by atomic mass is 10.1. The van der Waals surface area contributed by atoms with E-state index in [0.29, 0.717) is 0 Å². The molecule has 0 aromatic carbocycles. The molecule has 1 aromatic heterocycles. The van der Waals surface area contributed by atoms with Crippen LogP contribution in [0.3, 0.4) is 0 Å². The maximum Gasteiger partial charge on any atom is 0.0960 e. The average molecular weight is 267 g/mol. The van der Waals surface area contributed by atoms with Crippen molar-refractivity contribution in [3.63, 3.8) is 0 Å². The maximum absolute atomic E-state index is 4.48. The molecule has 4 heteroatoms. The van der Waals surface area contributed by atoms with Gasteiger partial charge >= 0.3 is 0 Å². The van der Waals surface area contributed by atoms with E-state index in [2.05, 4.69) is 62.2 Å². The molecule has 0 radical (unpaired) electrons. The fourth-order valence-electron chi connectivity index (χ4n) is 1.30. The predicted molar refractivity (Wildman–Crippen MR) is 80.1 cm³/mol. The summed E-state index contributed by atoms with van der Waals surface area (Å²) < 4.78 is 0. The van der Waals surface area contributed by atoms with Crippen molar-refractivity contribution in [2.75, 3.05) is 26.4 Å². The Morgan fingerprint density at radius 2 is 2.00 bits per heavy atom. The van der Waals surface area contributed by atoms with Crippen LogP contribution in [-0.4, -0.2) is 41.8 Å². The van der Waals surface area contributed by atoms with Gasteiger partial charge in [-0.2, -0.15) is 0 Å². The van der Waals surface area contributed by atoms with Crippen LogP contribution in [0.2, 0.25) is 0 Å². The van der Waals surface area contributed by atoms with E-state index in [4.69, 9.17) is 0 Å². The molecular formula is C14H25N3S. The van der Waals surface area contributed by atoms with Crippen LogP contribution in [0.25, 0.3) is 0 Å². The molecule has 0 aliphatic rings. The van der Waals surface area contributed by atoms with E-state index in [0.717, 1.165) is 23.9 Å². The summed E-state index contributed by atoms with van der Waals surface area (Å²) in [6.07, 6.45) is 1.97. The largest absolute Gasteiger partial charge is 0.309 e. The number of nitrogens with one attached hydrogen (secondary N) is 1. The van der Waals surface area contributed by atoms with Gasteiger partial charge in [0, 0.05) is 30.6 Å². The fourth-order valence-corrected chi connectivity index (χ4v) is 2.26. The molecule has 1 rings (SSSR count).